The van der Waals surface area contributed by atoms with Gasteiger partial charge < -0.3 is 27.2 Å². The zero-order chi connectivity index (χ0) is 44.9. The van der Waals surface area contributed by atoms with Gasteiger partial charge in [-0.25, -0.2) is 0 Å². The summed E-state index contributed by atoms with van der Waals surface area (Å²) in [5, 5.41) is 3.05. The van der Waals surface area contributed by atoms with Crippen LogP contribution in [-0.4, -0.2) is 51.1 Å². The summed E-state index contributed by atoms with van der Waals surface area (Å²) in [6.45, 7) is 26.0. The van der Waals surface area contributed by atoms with E-state index >= 15 is 4.57 Å². The minimum absolute atomic E-state index is 0.00125. The van der Waals surface area contributed by atoms with E-state index in [4.69, 9.17) is 18.1 Å². The summed E-state index contributed by atoms with van der Waals surface area (Å²) in [7, 11) is -14.2. The highest BCUT2D eigenvalue weighted by molar-refractivity contribution is 7.80. The maximum absolute atomic E-state index is 17.0. The first-order valence-electron chi connectivity index (χ1n) is 21.5. The molecule has 8 nitrogen and oxygen atoms in total. The first kappa shape index (κ1) is 48.1. The fourth-order valence-corrected chi connectivity index (χ4v) is 21.2. The topological polar surface area (TPSA) is 105 Å². The van der Waals surface area contributed by atoms with E-state index in [1.165, 1.54) is 0 Å². The van der Waals surface area contributed by atoms with Crippen molar-refractivity contribution in [2.24, 2.45) is 5.41 Å². The van der Waals surface area contributed by atoms with Gasteiger partial charge in [-0.15, -0.1) is 0 Å². The molecule has 0 N–H and O–H groups in total. The lowest BCUT2D eigenvalue weighted by Gasteiger charge is -2.43. The molecule has 4 aromatic carbocycles. The Kier molecular flexibility index (Phi) is 13.6. The molecule has 1 spiro atoms. The highest BCUT2D eigenvalue weighted by Crippen LogP contribution is 2.63. The predicted molar refractivity (Wildman–Crippen MR) is 255 cm³/mol. The molecule has 0 atom stereocenters. The fraction of sp³-hybridized carbons (Fsp3) is 0.510. The Morgan fingerprint density at radius 3 is 1.00 bits per heavy atom. The van der Waals surface area contributed by atoms with Gasteiger partial charge in [0.1, 0.15) is 14.3 Å². The molecule has 6 rings (SSSR count). The molecule has 12 heteroatoms. The van der Waals surface area contributed by atoms with Crippen molar-refractivity contribution in [2.45, 2.75) is 105 Å². The lowest BCUT2D eigenvalue weighted by molar-refractivity contribution is -0.0680. The maximum Gasteiger partial charge on any atom is 0.331 e. The van der Waals surface area contributed by atoms with Crippen molar-refractivity contribution < 1.29 is 36.4 Å². The molecule has 0 aliphatic carbocycles. The molecule has 2 saturated heterocycles. The van der Waals surface area contributed by atoms with Gasteiger partial charge in [-0.3, -0.25) is 9.13 Å². The zero-order valence-corrected chi connectivity index (χ0v) is 42.0. The van der Waals surface area contributed by atoms with Crippen molar-refractivity contribution in [3.05, 3.63) is 119 Å². The molecule has 2 heterocycles. The van der Waals surface area contributed by atoms with Crippen LogP contribution in [0.2, 0.25) is 0 Å². The second-order valence-corrected chi connectivity index (χ2v) is 31.4. The molecule has 4 aromatic rings. The molecule has 0 radical (unpaired) electrons. The summed E-state index contributed by atoms with van der Waals surface area (Å²) < 4.78 is 85.0. The van der Waals surface area contributed by atoms with Crippen LogP contribution in [0.5, 0.6) is 0 Å². The summed E-state index contributed by atoms with van der Waals surface area (Å²) in [5.74, 6) is 0. The Bertz CT molecular complexity index is 2190. The average molecular weight is 909 g/mol. The van der Waals surface area contributed by atoms with Crippen molar-refractivity contribution in [1.29, 1.82) is 0 Å². The van der Waals surface area contributed by atoms with E-state index in [-0.39, 0.29) is 72.7 Å². The Morgan fingerprint density at radius 1 is 0.443 bits per heavy atom. The Balaban J connectivity index is 1.28. The highest BCUT2D eigenvalue weighted by Gasteiger charge is 2.51. The third-order valence-corrected chi connectivity index (χ3v) is 22.7. The van der Waals surface area contributed by atoms with Crippen LogP contribution >= 0.6 is 29.5 Å². The van der Waals surface area contributed by atoms with Crippen molar-refractivity contribution in [3.8, 4) is 0 Å². The van der Waals surface area contributed by atoms with Gasteiger partial charge in [0.15, 0.2) is 0 Å². The average Bonchev–Trinajstić information content (AvgIpc) is 3.20. The van der Waals surface area contributed by atoms with Crippen LogP contribution in [0.4, 0.5) is 0 Å². The monoisotopic (exact) mass is 908 g/mol. The molecule has 2 aliphatic heterocycles. The molecule has 61 heavy (non-hydrogen) atoms. The van der Waals surface area contributed by atoms with Crippen LogP contribution in [0.3, 0.4) is 0 Å². The molecule has 2 fully saturated rings. The first-order chi connectivity index (χ1) is 28.2. The van der Waals surface area contributed by atoms with Gasteiger partial charge in [-0.1, -0.05) is 180 Å². The van der Waals surface area contributed by atoms with Gasteiger partial charge in [0, 0.05) is 33.5 Å². The molecule has 0 unspecified atom stereocenters. The van der Waals surface area contributed by atoms with Crippen LogP contribution in [0.15, 0.2) is 97.1 Å². The summed E-state index contributed by atoms with van der Waals surface area (Å²) >= 11 is 0. The predicted octanol–water partition coefficient (Wildman–Crippen LogP) is 11.7. The fourth-order valence-electron chi connectivity index (χ4n) is 8.42. The van der Waals surface area contributed by atoms with Crippen LogP contribution in [-0.2, 0) is 58.0 Å². The quantitative estimate of drug-likeness (QED) is 0.145. The van der Waals surface area contributed by atoms with Crippen molar-refractivity contribution in [1.82, 2.24) is 0 Å². The molecule has 2 aliphatic rings. The third kappa shape index (κ3) is 10.3. The summed E-state index contributed by atoms with van der Waals surface area (Å²) in [6, 6.07) is 31.1. The summed E-state index contributed by atoms with van der Waals surface area (Å²) in [6.07, 6.45) is 0.102. The van der Waals surface area contributed by atoms with Crippen molar-refractivity contribution >= 4 is 50.7 Å². The van der Waals surface area contributed by atoms with Gasteiger partial charge in [0.25, 0.3) is 0 Å². The molecule has 0 amide bonds. The number of benzene rings is 4. The molecule has 332 valence electrons. The number of rotatable bonds is 10. The van der Waals surface area contributed by atoms with E-state index in [9.17, 15) is 13.7 Å². The minimum Gasteiger partial charge on any atom is -0.314 e. The van der Waals surface area contributed by atoms with Crippen molar-refractivity contribution in [3.63, 3.8) is 0 Å². The number of hydrogen-bond acceptors (Lipinski definition) is 8. The smallest absolute Gasteiger partial charge is 0.314 e. The summed E-state index contributed by atoms with van der Waals surface area (Å²) in [5.41, 5.74) is 1.82. The molecule has 0 saturated carbocycles. The lowest BCUT2D eigenvalue weighted by Crippen LogP contribution is -2.46. The second-order valence-electron chi connectivity index (χ2n) is 21.3. The Hall–Kier alpha value is -2.36. The molecular formula is C49H68O8P4. The van der Waals surface area contributed by atoms with Gasteiger partial charge in [-0.05, 0) is 43.9 Å². The third-order valence-electron chi connectivity index (χ3n) is 12.0. The molecule has 0 aromatic heterocycles. The van der Waals surface area contributed by atoms with Gasteiger partial charge >= 0.3 is 15.2 Å². The van der Waals surface area contributed by atoms with Crippen LogP contribution in [0, 0.1) is 5.41 Å². The first-order valence-corrected chi connectivity index (χ1v) is 28.7. The SMILES string of the molecule is CC(C)(C)c1cccc(C(C)(C)C)c1P(=O)(CCP1(=O)OCC2(COP(=O)(CCP(=O)(c3ccccc3)c3ccccc3)OC2)CO1)c1c(C(C)(C)C)cccc1C(C)(C)C. The lowest BCUT2D eigenvalue weighted by atomic mass is 9.80. The van der Waals surface area contributed by atoms with Crippen molar-refractivity contribution in [2.75, 3.05) is 51.1 Å². The summed E-state index contributed by atoms with van der Waals surface area (Å²) in [4.78, 5) is 0. The van der Waals surface area contributed by atoms with Gasteiger partial charge in [0.05, 0.1) is 44.2 Å². The van der Waals surface area contributed by atoms with E-state index in [1.807, 2.05) is 60.7 Å². The van der Waals surface area contributed by atoms with Gasteiger partial charge in [0.2, 0.25) is 0 Å². The molecular weight excluding hydrogens is 840 g/mol. The van der Waals surface area contributed by atoms with Crippen LogP contribution < -0.4 is 21.2 Å². The largest absolute Gasteiger partial charge is 0.331 e. The van der Waals surface area contributed by atoms with Crippen LogP contribution in [0.1, 0.15) is 105 Å². The number of hydrogen-bond donors (Lipinski definition) is 0. The molecule has 0 bridgehead atoms. The standard InChI is InChI=1S/C49H68O8P4/c1-45(2,3)39-25-19-26-40(46(4,5)6)43(39)59(51,44-41(47(7,8)9)27-20-28-42(44)48(10,11)12)30-32-61(53)56-35-49(36-57-61)33-54-60(52,55-34-49)31-29-58(50,37-21-15-13-16-22-37)38-23-17-14-18-24-38/h13-28H,29-36H2,1-12H3. The zero-order valence-electron chi connectivity index (χ0n) is 38.4. The van der Waals surface area contributed by atoms with E-state index in [0.717, 1.165) is 32.9 Å². The highest BCUT2D eigenvalue weighted by atomic mass is 31.2. The van der Waals surface area contributed by atoms with Gasteiger partial charge in [-0.2, -0.15) is 0 Å². The Morgan fingerprint density at radius 2 is 0.721 bits per heavy atom. The van der Waals surface area contributed by atoms with E-state index in [0.29, 0.717) is 10.6 Å². The maximum atomic E-state index is 17.0. The minimum atomic E-state index is -3.79. The van der Waals surface area contributed by atoms with E-state index in [1.54, 1.807) is 0 Å². The second kappa shape index (κ2) is 17.2. The normalized spacial score (nSPS) is 23.3. The van der Waals surface area contributed by atoms with E-state index < -0.39 is 34.9 Å². The van der Waals surface area contributed by atoms with Crippen LogP contribution in [0.25, 0.3) is 0 Å². The van der Waals surface area contributed by atoms with E-state index in [2.05, 4.69) is 119 Å². The Labute approximate surface area is 366 Å².